The number of thiophene rings is 1. The molecule has 0 unspecified atom stereocenters. The van der Waals surface area contributed by atoms with Gasteiger partial charge in [-0.2, -0.15) is 0 Å². The first kappa shape index (κ1) is 17.3. The minimum Gasteiger partial charge on any atom is -0.465 e. The zero-order valence-corrected chi connectivity index (χ0v) is 14.8. The number of pyridine rings is 2. The van der Waals surface area contributed by atoms with Gasteiger partial charge in [0, 0.05) is 36.9 Å². The highest BCUT2D eigenvalue weighted by Crippen LogP contribution is 2.21. The number of aromatic nitrogens is 2. The Labute approximate surface area is 150 Å². The van der Waals surface area contributed by atoms with Gasteiger partial charge in [0.05, 0.1) is 18.5 Å². The van der Waals surface area contributed by atoms with E-state index in [1.807, 2.05) is 48.5 Å². The molecule has 0 amide bonds. The first-order valence-corrected chi connectivity index (χ1v) is 8.75. The van der Waals surface area contributed by atoms with E-state index >= 15 is 0 Å². The van der Waals surface area contributed by atoms with Crippen molar-refractivity contribution in [2.24, 2.45) is 0 Å². The highest BCUT2D eigenvalue weighted by molar-refractivity contribution is 7.13. The number of nitrogens with zero attached hydrogens (tertiary/aromatic N) is 3. The zero-order chi connectivity index (χ0) is 17.5. The van der Waals surface area contributed by atoms with Gasteiger partial charge in [-0.25, -0.2) is 4.79 Å². The standard InChI is InChI=1S/C19H19N3O2S/c1-24-19(23)18-9-8-17(25-18)14-22(12-15-6-2-4-10-20-15)13-16-7-3-5-11-21-16/h2-11H,12-14H2,1H3. The summed E-state index contributed by atoms with van der Waals surface area (Å²) >= 11 is 1.46. The van der Waals surface area contributed by atoms with E-state index in [-0.39, 0.29) is 5.97 Å². The van der Waals surface area contributed by atoms with Crippen LogP contribution in [0, 0.1) is 0 Å². The van der Waals surface area contributed by atoms with Crippen LogP contribution in [-0.4, -0.2) is 27.9 Å². The summed E-state index contributed by atoms with van der Waals surface area (Å²) < 4.78 is 4.78. The molecule has 0 spiro atoms. The summed E-state index contributed by atoms with van der Waals surface area (Å²) in [5.41, 5.74) is 2.01. The quantitative estimate of drug-likeness (QED) is 0.608. The molecule has 5 nitrogen and oxygen atoms in total. The monoisotopic (exact) mass is 353 g/mol. The molecule has 3 aromatic heterocycles. The SMILES string of the molecule is COC(=O)c1ccc(CN(Cc2ccccn2)Cc2ccccn2)s1. The Hall–Kier alpha value is -2.57. The number of esters is 1. The predicted molar refractivity (Wildman–Crippen MR) is 97.1 cm³/mol. The van der Waals surface area contributed by atoms with Crippen molar-refractivity contribution in [3.8, 4) is 0 Å². The van der Waals surface area contributed by atoms with Crippen LogP contribution in [0.3, 0.4) is 0 Å². The van der Waals surface area contributed by atoms with Gasteiger partial charge in [-0.15, -0.1) is 11.3 Å². The summed E-state index contributed by atoms with van der Waals surface area (Å²) in [5.74, 6) is -0.294. The molecule has 0 radical (unpaired) electrons. The van der Waals surface area contributed by atoms with Crippen LogP contribution < -0.4 is 0 Å². The van der Waals surface area contributed by atoms with Gasteiger partial charge in [-0.3, -0.25) is 14.9 Å². The van der Waals surface area contributed by atoms with E-state index in [9.17, 15) is 4.79 Å². The fraction of sp³-hybridized carbons (Fsp3) is 0.211. The summed E-state index contributed by atoms with van der Waals surface area (Å²) in [5, 5.41) is 0. The van der Waals surface area contributed by atoms with Crippen molar-refractivity contribution in [3.63, 3.8) is 0 Å². The molecule has 0 aliphatic heterocycles. The largest absolute Gasteiger partial charge is 0.465 e. The van der Waals surface area contributed by atoms with Crippen molar-refractivity contribution < 1.29 is 9.53 Å². The average Bonchev–Trinajstić information content (AvgIpc) is 3.11. The van der Waals surface area contributed by atoms with E-state index in [0.717, 1.165) is 22.8 Å². The third-order valence-electron chi connectivity index (χ3n) is 3.65. The van der Waals surface area contributed by atoms with E-state index in [2.05, 4.69) is 14.9 Å². The molecule has 0 bridgehead atoms. The zero-order valence-electron chi connectivity index (χ0n) is 14.0. The van der Waals surface area contributed by atoms with E-state index in [1.165, 1.54) is 18.4 Å². The van der Waals surface area contributed by atoms with Gasteiger partial charge in [-0.1, -0.05) is 12.1 Å². The number of rotatable bonds is 7. The summed E-state index contributed by atoms with van der Waals surface area (Å²) in [6.45, 7) is 2.14. The normalized spacial score (nSPS) is 10.8. The summed E-state index contributed by atoms with van der Waals surface area (Å²) in [4.78, 5) is 24.5. The summed E-state index contributed by atoms with van der Waals surface area (Å²) in [6.07, 6.45) is 3.60. The molecule has 0 fully saturated rings. The lowest BCUT2D eigenvalue weighted by Gasteiger charge is -2.21. The maximum Gasteiger partial charge on any atom is 0.348 e. The van der Waals surface area contributed by atoms with Crippen LogP contribution in [0.15, 0.2) is 60.9 Å². The highest BCUT2D eigenvalue weighted by atomic mass is 32.1. The number of carbonyl (C=O) groups is 1. The molecular weight excluding hydrogens is 334 g/mol. The fourth-order valence-electron chi connectivity index (χ4n) is 2.50. The Bertz CT molecular complexity index is 764. The second-order valence-corrected chi connectivity index (χ2v) is 6.71. The van der Waals surface area contributed by atoms with E-state index in [1.54, 1.807) is 12.4 Å². The molecule has 0 aliphatic carbocycles. The van der Waals surface area contributed by atoms with Gasteiger partial charge in [0.1, 0.15) is 4.88 Å². The lowest BCUT2D eigenvalue weighted by molar-refractivity contribution is 0.0606. The Morgan fingerprint density at radius 1 is 0.960 bits per heavy atom. The molecule has 0 atom stereocenters. The molecule has 3 aromatic rings. The van der Waals surface area contributed by atoms with Crippen molar-refractivity contribution >= 4 is 17.3 Å². The molecule has 3 rings (SSSR count). The minimum atomic E-state index is -0.294. The van der Waals surface area contributed by atoms with E-state index in [4.69, 9.17) is 4.74 Å². The number of hydrogen-bond donors (Lipinski definition) is 0. The molecule has 0 saturated carbocycles. The topological polar surface area (TPSA) is 55.3 Å². The Morgan fingerprint density at radius 2 is 1.60 bits per heavy atom. The molecule has 0 aromatic carbocycles. The number of carbonyl (C=O) groups excluding carboxylic acids is 1. The maximum absolute atomic E-state index is 11.6. The molecule has 0 saturated heterocycles. The van der Waals surface area contributed by atoms with Crippen LogP contribution in [0.4, 0.5) is 0 Å². The molecule has 128 valence electrons. The third-order valence-corrected chi connectivity index (χ3v) is 4.70. The predicted octanol–water partition coefficient (Wildman–Crippen LogP) is 3.53. The first-order valence-electron chi connectivity index (χ1n) is 7.94. The van der Waals surface area contributed by atoms with Gasteiger partial charge in [0.15, 0.2) is 0 Å². The van der Waals surface area contributed by atoms with Gasteiger partial charge in [0.25, 0.3) is 0 Å². The highest BCUT2D eigenvalue weighted by Gasteiger charge is 2.14. The fourth-order valence-corrected chi connectivity index (χ4v) is 3.47. The smallest absolute Gasteiger partial charge is 0.348 e. The first-order chi connectivity index (χ1) is 12.2. The van der Waals surface area contributed by atoms with Crippen LogP contribution in [0.5, 0.6) is 0 Å². The summed E-state index contributed by atoms with van der Waals surface area (Å²) in [7, 11) is 1.40. The van der Waals surface area contributed by atoms with Crippen molar-refractivity contribution in [3.05, 3.63) is 82.1 Å². The third kappa shape index (κ3) is 4.95. The van der Waals surface area contributed by atoms with Gasteiger partial charge in [-0.05, 0) is 36.4 Å². The number of hydrogen-bond acceptors (Lipinski definition) is 6. The molecule has 25 heavy (non-hydrogen) atoms. The van der Waals surface area contributed by atoms with Gasteiger partial charge in [0.2, 0.25) is 0 Å². The minimum absolute atomic E-state index is 0.294. The molecule has 3 heterocycles. The Kier molecular flexibility index (Phi) is 5.87. The van der Waals surface area contributed by atoms with Crippen molar-refractivity contribution in [1.82, 2.24) is 14.9 Å². The van der Waals surface area contributed by atoms with Crippen molar-refractivity contribution in [1.29, 1.82) is 0 Å². The number of methoxy groups -OCH3 is 1. The van der Waals surface area contributed by atoms with E-state index < -0.39 is 0 Å². The lowest BCUT2D eigenvalue weighted by atomic mass is 10.2. The Balaban J connectivity index is 1.75. The molecule has 0 aliphatic rings. The lowest BCUT2D eigenvalue weighted by Crippen LogP contribution is -2.23. The summed E-state index contributed by atoms with van der Waals surface area (Å²) in [6, 6.07) is 15.6. The maximum atomic E-state index is 11.6. The molecular formula is C19H19N3O2S. The number of ether oxygens (including phenoxy) is 1. The molecule has 0 N–H and O–H groups in total. The van der Waals surface area contributed by atoms with Crippen molar-refractivity contribution in [2.75, 3.05) is 7.11 Å². The van der Waals surface area contributed by atoms with Crippen LogP contribution in [0.1, 0.15) is 25.9 Å². The van der Waals surface area contributed by atoms with Crippen LogP contribution in [0.2, 0.25) is 0 Å². The second kappa shape index (κ2) is 8.50. The second-order valence-electron chi connectivity index (χ2n) is 5.54. The average molecular weight is 353 g/mol. The van der Waals surface area contributed by atoms with Crippen LogP contribution >= 0.6 is 11.3 Å². The van der Waals surface area contributed by atoms with Crippen molar-refractivity contribution in [2.45, 2.75) is 19.6 Å². The van der Waals surface area contributed by atoms with E-state index in [0.29, 0.717) is 18.0 Å². The van der Waals surface area contributed by atoms with Gasteiger partial charge < -0.3 is 4.74 Å². The van der Waals surface area contributed by atoms with Crippen LogP contribution in [0.25, 0.3) is 0 Å². The Morgan fingerprint density at radius 3 is 2.12 bits per heavy atom. The van der Waals surface area contributed by atoms with Gasteiger partial charge >= 0.3 is 5.97 Å². The molecule has 6 heteroatoms. The van der Waals surface area contributed by atoms with Crippen LogP contribution in [-0.2, 0) is 24.4 Å².